The zero-order valence-electron chi connectivity index (χ0n) is 11.7. The lowest BCUT2D eigenvalue weighted by atomic mass is 10.3. The van der Waals surface area contributed by atoms with Crippen LogP contribution < -0.4 is 25.8 Å². The fraction of sp³-hybridized carbons (Fsp3) is 0.462. The van der Waals surface area contributed by atoms with Gasteiger partial charge in [-0.2, -0.15) is 0 Å². The normalized spacial score (nSPS) is 10.1. The Kier molecular flexibility index (Phi) is 6.99. The summed E-state index contributed by atoms with van der Waals surface area (Å²) in [5.74, 6) is 0.805. The Morgan fingerprint density at radius 2 is 2.16 bits per heavy atom. The lowest BCUT2D eigenvalue weighted by Crippen LogP contribution is -3.05. The third-order valence-electron chi connectivity index (χ3n) is 2.53. The number of rotatable bonds is 7. The SMILES string of the molecule is COc1cccc(NNC(=S)NCCC[NH+](C)C)c1. The summed E-state index contributed by atoms with van der Waals surface area (Å²) < 4.78 is 5.14. The summed E-state index contributed by atoms with van der Waals surface area (Å²) in [4.78, 5) is 1.44. The lowest BCUT2D eigenvalue weighted by molar-refractivity contribution is -0.858. The first kappa shape index (κ1) is 15.5. The van der Waals surface area contributed by atoms with Gasteiger partial charge >= 0.3 is 0 Å². The molecule has 0 saturated heterocycles. The van der Waals surface area contributed by atoms with Crippen LogP contribution in [-0.2, 0) is 0 Å². The number of ether oxygens (including phenoxy) is 1. The summed E-state index contributed by atoms with van der Waals surface area (Å²) >= 11 is 5.17. The van der Waals surface area contributed by atoms with Gasteiger partial charge in [-0.1, -0.05) is 6.07 Å². The van der Waals surface area contributed by atoms with Crippen molar-refractivity contribution in [2.75, 3.05) is 39.7 Å². The van der Waals surface area contributed by atoms with Crippen molar-refractivity contribution in [2.45, 2.75) is 6.42 Å². The molecule has 0 aromatic heterocycles. The maximum Gasteiger partial charge on any atom is 0.185 e. The van der Waals surface area contributed by atoms with E-state index in [1.807, 2.05) is 24.3 Å². The van der Waals surface area contributed by atoms with Crippen LogP contribution in [0.1, 0.15) is 6.42 Å². The van der Waals surface area contributed by atoms with E-state index in [9.17, 15) is 0 Å². The number of quaternary nitrogens is 1. The summed E-state index contributed by atoms with van der Waals surface area (Å²) in [5.41, 5.74) is 6.88. The molecule has 106 valence electrons. The number of nitrogens with one attached hydrogen (secondary N) is 4. The predicted octanol–water partition coefficient (Wildman–Crippen LogP) is 0.0208. The Morgan fingerprint density at radius 3 is 2.84 bits per heavy atom. The minimum absolute atomic E-state index is 0.594. The van der Waals surface area contributed by atoms with Crippen molar-refractivity contribution in [3.05, 3.63) is 24.3 Å². The second-order valence-corrected chi connectivity index (χ2v) is 4.96. The van der Waals surface area contributed by atoms with Crippen LogP contribution in [0.3, 0.4) is 0 Å². The van der Waals surface area contributed by atoms with E-state index in [1.54, 1.807) is 7.11 Å². The van der Waals surface area contributed by atoms with Gasteiger partial charge in [-0.05, 0) is 24.4 Å². The van der Waals surface area contributed by atoms with Crippen LogP contribution in [0.5, 0.6) is 5.75 Å². The van der Waals surface area contributed by atoms with E-state index in [2.05, 4.69) is 30.3 Å². The van der Waals surface area contributed by atoms with Crippen molar-refractivity contribution < 1.29 is 9.64 Å². The van der Waals surface area contributed by atoms with Crippen LogP contribution in [0.2, 0.25) is 0 Å². The van der Waals surface area contributed by atoms with E-state index in [-0.39, 0.29) is 0 Å². The van der Waals surface area contributed by atoms with Crippen molar-refractivity contribution in [1.29, 1.82) is 0 Å². The Morgan fingerprint density at radius 1 is 1.37 bits per heavy atom. The number of hydrazine groups is 1. The van der Waals surface area contributed by atoms with Crippen molar-refractivity contribution in [2.24, 2.45) is 0 Å². The van der Waals surface area contributed by atoms with Gasteiger partial charge in [0.1, 0.15) is 5.75 Å². The first-order valence-corrected chi connectivity index (χ1v) is 6.75. The third kappa shape index (κ3) is 6.83. The van der Waals surface area contributed by atoms with Crippen LogP contribution in [0.15, 0.2) is 24.3 Å². The van der Waals surface area contributed by atoms with Gasteiger partial charge in [-0.3, -0.25) is 10.9 Å². The number of hydrogen-bond acceptors (Lipinski definition) is 3. The molecule has 6 heteroatoms. The Labute approximate surface area is 120 Å². The van der Waals surface area contributed by atoms with Crippen LogP contribution in [-0.4, -0.2) is 39.4 Å². The maximum absolute atomic E-state index is 5.17. The fourth-order valence-electron chi connectivity index (χ4n) is 1.52. The molecule has 0 spiro atoms. The predicted molar refractivity (Wildman–Crippen MR) is 82.6 cm³/mol. The van der Waals surface area contributed by atoms with Gasteiger partial charge in [-0.25, -0.2) is 0 Å². The minimum atomic E-state index is 0.594. The highest BCUT2D eigenvalue weighted by atomic mass is 32.1. The molecule has 1 aromatic carbocycles. The van der Waals surface area contributed by atoms with Crippen LogP contribution >= 0.6 is 12.2 Å². The Bertz CT molecular complexity index is 398. The topological polar surface area (TPSA) is 49.8 Å². The quantitative estimate of drug-likeness (QED) is 0.323. The van der Waals surface area contributed by atoms with E-state index in [1.165, 1.54) is 4.90 Å². The van der Waals surface area contributed by atoms with Crippen LogP contribution in [0.25, 0.3) is 0 Å². The lowest BCUT2D eigenvalue weighted by Gasteiger charge is -2.13. The Hall–Kier alpha value is -1.53. The monoisotopic (exact) mass is 283 g/mol. The second-order valence-electron chi connectivity index (χ2n) is 4.55. The van der Waals surface area contributed by atoms with Crippen LogP contribution in [0, 0.1) is 0 Å². The molecule has 1 rings (SSSR count). The number of benzene rings is 1. The first-order valence-electron chi connectivity index (χ1n) is 6.34. The largest absolute Gasteiger partial charge is 0.497 e. The molecule has 0 saturated carbocycles. The molecular weight excluding hydrogens is 260 g/mol. The van der Waals surface area contributed by atoms with Gasteiger partial charge in [0, 0.05) is 19.0 Å². The zero-order chi connectivity index (χ0) is 14.1. The molecule has 19 heavy (non-hydrogen) atoms. The van der Waals surface area contributed by atoms with Crippen molar-refractivity contribution in [3.8, 4) is 5.75 Å². The van der Waals surface area contributed by atoms with Crippen molar-refractivity contribution in [1.82, 2.24) is 10.7 Å². The molecule has 0 amide bonds. The molecular formula is C13H23N4OS+. The standard InChI is InChI=1S/C13H22N4OS/c1-17(2)9-5-8-14-13(19)16-15-11-6-4-7-12(10-11)18-3/h4,6-7,10,15H,5,8-9H2,1-3H3,(H2,14,16,19)/p+1. The summed E-state index contributed by atoms with van der Waals surface area (Å²) in [6.45, 7) is 2.00. The molecule has 1 aromatic rings. The highest BCUT2D eigenvalue weighted by Gasteiger charge is 1.98. The molecule has 0 fully saturated rings. The number of methoxy groups -OCH3 is 1. The molecule has 0 aliphatic rings. The highest BCUT2D eigenvalue weighted by molar-refractivity contribution is 7.80. The molecule has 0 aliphatic carbocycles. The molecule has 0 unspecified atom stereocenters. The van der Waals surface area contributed by atoms with E-state index >= 15 is 0 Å². The average Bonchev–Trinajstić information content (AvgIpc) is 2.41. The van der Waals surface area contributed by atoms with Gasteiger partial charge in [-0.15, -0.1) is 0 Å². The molecule has 0 atom stereocenters. The summed E-state index contributed by atoms with van der Waals surface area (Å²) in [6.07, 6.45) is 1.09. The fourth-order valence-corrected chi connectivity index (χ4v) is 1.67. The smallest absolute Gasteiger partial charge is 0.185 e. The van der Waals surface area contributed by atoms with Gasteiger partial charge in [0.15, 0.2) is 5.11 Å². The highest BCUT2D eigenvalue weighted by Crippen LogP contribution is 2.15. The van der Waals surface area contributed by atoms with Crippen molar-refractivity contribution >= 4 is 23.0 Å². The van der Waals surface area contributed by atoms with E-state index in [0.29, 0.717) is 5.11 Å². The minimum Gasteiger partial charge on any atom is -0.497 e. The molecule has 0 aliphatic heterocycles. The molecule has 5 nitrogen and oxygen atoms in total. The summed E-state index contributed by atoms with van der Waals surface area (Å²) in [7, 11) is 5.92. The van der Waals surface area contributed by atoms with Crippen LogP contribution in [0.4, 0.5) is 5.69 Å². The zero-order valence-corrected chi connectivity index (χ0v) is 12.6. The van der Waals surface area contributed by atoms with Gasteiger partial charge in [0.05, 0.1) is 33.4 Å². The van der Waals surface area contributed by atoms with Gasteiger partial charge < -0.3 is 15.0 Å². The molecule has 0 heterocycles. The third-order valence-corrected chi connectivity index (χ3v) is 2.78. The van der Waals surface area contributed by atoms with Gasteiger partial charge in [0.25, 0.3) is 0 Å². The van der Waals surface area contributed by atoms with E-state index < -0.39 is 0 Å². The molecule has 0 radical (unpaired) electrons. The van der Waals surface area contributed by atoms with E-state index in [4.69, 9.17) is 17.0 Å². The Balaban J connectivity index is 2.22. The number of hydrogen-bond donors (Lipinski definition) is 4. The average molecular weight is 283 g/mol. The number of anilines is 1. The number of thiocarbonyl (C=S) groups is 1. The van der Waals surface area contributed by atoms with E-state index in [0.717, 1.165) is 30.9 Å². The summed E-state index contributed by atoms with van der Waals surface area (Å²) in [5, 5.41) is 3.74. The van der Waals surface area contributed by atoms with Gasteiger partial charge in [0.2, 0.25) is 0 Å². The molecule has 0 bridgehead atoms. The molecule has 4 N–H and O–H groups in total. The second kappa shape index (κ2) is 8.55. The van der Waals surface area contributed by atoms with Crippen molar-refractivity contribution in [3.63, 3.8) is 0 Å². The maximum atomic E-state index is 5.17. The summed E-state index contributed by atoms with van der Waals surface area (Å²) in [6, 6.07) is 7.64. The first-order chi connectivity index (χ1) is 9.11.